The first-order valence-electron chi connectivity index (χ1n) is 9.18. The molecule has 0 unspecified atom stereocenters. The van der Waals surface area contributed by atoms with Gasteiger partial charge in [-0.05, 0) is 24.3 Å². The van der Waals surface area contributed by atoms with Gasteiger partial charge < -0.3 is 10.5 Å². The van der Waals surface area contributed by atoms with Crippen molar-refractivity contribution in [3.05, 3.63) is 48.5 Å². The first kappa shape index (κ1) is 24.4. The monoisotopic (exact) mass is 470 g/mol. The molecule has 0 fully saturated rings. The molecule has 0 bridgehead atoms. The number of nitrogens with two attached hydrogens (primary N) is 1. The summed E-state index contributed by atoms with van der Waals surface area (Å²) in [7, 11) is -4.97. The predicted octanol–water partition coefficient (Wildman–Crippen LogP) is 1.15. The molecular formula is C19H26N4O6S2. The standard InChI is InChI=1S/C19H26N4O6S2/c1-21-19(20)22-29-13-7-12-28-16-9-6-8-15(14-16)23(2)31(26,27)18-11-5-4-10-17(18)30(3,24)25/h4-6,8-11,14H,7,12-13H2,1-3H3,(H3,20,21,22). The molecule has 0 saturated carbocycles. The van der Waals surface area contributed by atoms with Crippen LogP contribution in [0.3, 0.4) is 0 Å². The quantitative estimate of drug-likeness (QED) is 0.228. The first-order chi connectivity index (χ1) is 14.6. The van der Waals surface area contributed by atoms with Gasteiger partial charge in [-0.15, -0.1) is 0 Å². The van der Waals surface area contributed by atoms with Gasteiger partial charge in [-0.25, -0.2) is 22.3 Å². The van der Waals surface area contributed by atoms with Crippen molar-refractivity contribution in [1.29, 1.82) is 0 Å². The van der Waals surface area contributed by atoms with Crippen LogP contribution in [-0.4, -0.2) is 56.4 Å². The number of hydrogen-bond donors (Lipinski definition) is 2. The van der Waals surface area contributed by atoms with E-state index in [0.29, 0.717) is 31.1 Å². The minimum absolute atomic E-state index is 0.162. The number of nitrogens with one attached hydrogen (secondary N) is 1. The second kappa shape index (κ2) is 10.5. The molecule has 3 N–H and O–H groups in total. The van der Waals surface area contributed by atoms with Gasteiger partial charge in [-0.3, -0.25) is 14.1 Å². The van der Waals surface area contributed by atoms with E-state index < -0.39 is 19.9 Å². The molecule has 12 heteroatoms. The Morgan fingerprint density at radius 1 is 1.06 bits per heavy atom. The number of guanidine groups is 1. The molecular weight excluding hydrogens is 444 g/mol. The molecule has 2 aromatic rings. The Balaban J connectivity index is 2.11. The Morgan fingerprint density at radius 2 is 1.74 bits per heavy atom. The Morgan fingerprint density at radius 3 is 2.39 bits per heavy atom. The van der Waals surface area contributed by atoms with Gasteiger partial charge in [0.25, 0.3) is 10.0 Å². The van der Waals surface area contributed by atoms with E-state index in [1.165, 1.54) is 38.4 Å². The lowest BCUT2D eigenvalue weighted by atomic mass is 10.3. The molecule has 0 amide bonds. The summed E-state index contributed by atoms with van der Waals surface area (Å²) in [6.07, 6.45) is 1.52. The minimum atomic E-state index is -4.12. The SMILES string of the molecule is CN=C(N)NOCCCOc1cccc(N(C)S(=O)(=O)c2ccccc2S(C)(=O)=O)c1. The van der Waals surface area contributed by atoms with Gasteiger partial charge >= 0.3 is 0 Å². The van der Waals surface area contributed by atoms with Crippen LogP contribution in [0.25, 0.3) is 0 Å². The fraction of sp³-hybridized carbons (Fsp3) is 0.316. The summed E-state index contributed by atoms with van der Waals surface area (Å²) in [4.78, 5) is 8.24. The molecule has 2 aromatic carbocycles. The average molecular weight is 471 g/mol. The molecule has 31 heavy (non-hydrogen) atoms. The van der Waals surface area contributed by atoms with Crippen molar-refractivity contribution in [3.63, 3.8) is 0 Å². The van der Waals surface area contributed by atoms with Crippen molar-refractivity contribution in [2.24, 2.45) is 10.7 Å². The number of hydroxylamine groups is 1. The Bertz CT molecular complexity index is 1130. The fourth-order valence-electron chi connectivity index (χ4n) is 2.52. The van der Waals surface area contributed by atoms with Crippen molar-refractivity contribution in [2.75, 3.05) is 37.9 Å². The number of ether oxygens (including phenoxy) is 1. The smallest absolute Gasteiger partial charge is 0.265 e. The molecule has 0 aromatic heterocycles. The largest absolute Gasteiger partial charge is 0.493 e. The Hall–Kier alpha value is -2.83. The van der Waals surface area contributed by atoms with Crippen LogP contribution in [-0.2, 0) is 24.7 Å². The normalized spacial score (nSPS) is 12.4. The van der Waals surface area contributed by atoms with Crippen LogP contribution in [0.4, 0.5) is 5.69 Å². The van der Waals surface area contributed by atoms with Gasteiger partial charge in [-0.1, -0.05) is 18.2 Å². The van der Waals surface area contributed by atoms with Crippen molar-refractivity contribution in [3.8, 4) is 5.75 Å². The fourth-order valence-corrected chi connectivity index (χ4v) is 5.31. The molecule has 0 aliphatic rings. The third kappa shape index (κ3) is 6.57. The van der Waals surface area contributed by atoms with Crippen molar-refractivity contribution >= 4 is 31.5 Å². The third-order valence-electron chi connectivity index (χ3n) is 4.15. The van der Waals surface area contributed by atoms with Gasteiger partial charge in [0.2, 0.25) is 5.96 Å². The van der Waals surface area contributed by atoms with Gasteiger partial charge in [0.15, 0.2) is 9.84 Å². The molecule has 10 nitrogen and oxygen atoms in total. The number of hydrogen-bond acceptors (Lipinski definition) is 7. The van der Waals surface area contributed by atoms with Crippen LogP contribution in [0.15, 0.2) is 63.3 Å². The number of benzene rings is 2. The average Bonchev–Trinajstić information content (AvgIpc) is 2.75. The molecule has 0 aliphatic carbocycles. The molecule has 0 radical (unpaired) electrons. The summed E-state index contributed by atoms with van der Waals surface area (Å²) in [6.45, 7) is 0.647. The molecule has 0 atom stereocenters. The van der Waals surface area contributed by atoms with E-state index in [2.05, 4.69) is 10.5 Å². The molecule has 170 valence electrons. The number of sulfone groups is 1. The molecule has 2 rings (SSSR count). The van der Waals surface area contributed by atoms with Gasteiger partial charge in [-0.2, -0.15) is 0 Å². The van der Waals surface area contributed by atoms with E-state index in [1.807, 2.05) is 0 Å². The Kier molecular flexibility index (Phi) is 8.25. The number of aliphatic imine (C=N–C) groups is 1. The van der Waals surface area contributed by atoms with E-state index in [1.54, 1.807) is 24.3 Å². The van der Waals surface area contributed by atoms with Crippen LogP contribution in [0.5, 0.6) is 5.75 Å². The summed E-state index contributed by atoms with van der Waals surface area (Å²) in [5.41, 5.74) is 8.21. The second-order valence-electron chi connectivity index (χ2n) is 6.45. The number of sulfonamides is 1. The summed E-state index contributed by atoms with van der Waals surface area (Å²) in [6, 6.07) is 12.0. The van der Waals surface area contributed by atoms with Crippen molar-refractivity contribution < 1.29 is 26.4 Å². The van der Waals surface area contributed by atoms with Gasteiger partial charge in [0.05, 0.1) is 23.8 Å². The zero-order chi connectivity index (χ0) is 23.1. The highest BCUT2D eigenvalue weighted by Gasteiger charge is 2.28. The molecule has 0 saturated heterocycles. The lowest BCUT2D eigenvalue weighted by Gasteiger charge is -2.21. The maximum atomic E-state index is 13.1. The summed E-state index contributed by atoms with van der Waals surface area (Å²) < 4.78 is 56.9. The van der Waals surface area contributed by atoms with Crippen molar-refractivity contribution in [2.45, 2.75) is 16.2 Å². The van der Waals surface area contributed by atoms with E-state index in [-0.39, 0.29) is 15.8 Å². The number of anilines is 1. The summed E-state index contributed by atoms with van der Waals surface area (Å²) in [5, 5.41) is 0. The van der Waals surface area contributed by atoms with E-state index >= 15 is 0 Å². The number of rotatable bonds is 10. The highest BCUT2D eigenvalue weighted by molar-refractivity contribution is 7.95. The van der Waals surface area contributed by atoms with Crippen LogP contribution < -0.4 is 20.3 Å². The maximum Gasteiger partial charge on any atom is 0.265 e. The Labute approximate surface area is 182 Å². The molecule has 0 spiro atoms. The summed E-state index contributed by atoms with van der Waals surface area (Å²) in [5.74, 6) is 0.619. The minimum Gasteiger partial charge on any atom is -0.493 e. The maximum absolute atomic E-state index is 13.1. The van der Waals surface area contributed by atoms with Crippen LogP contribution in [0.2, 0.25) is 0 Å². The second-order valence-corrected chi connectivity index (χ2v) is 10.4. The van der Waals surface area contributed by atoms with E-state index in [4.69, 9.17) is 15.3 Å². The summed E-state index contributed by atoms with van der Waals surface area (Å²) >= 11 is 0. The lowest BCUT2D eigenvalue weighted by molar-refractivity contribution is 0.0737. The van der Waals surface area contributed by atoms with Crippen LogP contribution >= 0.6 is 0 Å². The highest BCUT2D eigenvalue weighted by atomic mass is 32.2. The predicted molar refractivity (Wildman–Crippen MR) is 118 cm³/mol. The third-order valence-corrected chi connectivity index (χ3v) is 7.27. The van der Waals surface area contributed by atoms with E-state index in [9.17, 15) is 16.8 Å². The highest BCUT2D eigenvalue weighted by Crippen LogP contribution is 2.29. The lowest BCUT2D eigenvalue weighted by Crippen LogP contribution is -2.31. The topological polar surface area (TPSA) is 140 Å². The van der Waals surface area contributed by atoms with Gasteiger partial charge in [0.1, 0.15) is 10.6 Å². The van der Waals surface area contributed by atoms with Crippen LogP contribution in [0.1, 0.15) is 6.42 Å². The zero-order valence-corrected chi connectivity index (χ0v) is 19.1. The molecule has 0 heterocycles. The van der Waals surface area contributed by atoms with E-state index in [0.717, 1.165) is 10.6 Å². The van der Waals surface area contributed by atoms with Gasteiger partial charge in [0, 0.05) is 32.8 Å². The number of nitrogens with zero attached hydrogens (tertiary/aromatic N) is 2. The molecule has 0 aliphatic heterocycles. The van der Waals surface area contributed by atoms with Crippen molar-refractivity contribution in [1.82, 2.24) is 5.48 Å². The van der Waals surface area contributed by atoms with Crippen LogP contribution in [0, 0.1) is 0 Å². The zero-order valence-electron chi connectivity index (χ0n) is 17.5. The first-order valence-corrected chi connectivity index (χ1v) is 12.5.